The highest BCUT2D eigenvalue weighted by molar-refractivity contribution is 4.96. The minimum absolute atomic E-state index is 0.200. The summed E-state index contributed by atoms with van der Waals surface area (Å²) in [6.07, 6.45) is 6.07. The van der Waals surface area contributed by atoms with E-state index >= 15 is 0 Å². The van der Waals surface area contributed by atoms with E-state index in [1.807, 2.05) is 0 Å². The van der Waals surface area contributed by atoms with Crippen molar-refractivity contribution in [2.45, 2.75) is 43.7 Å². The summed E-state index contributed by atoms with van der Waals surface area (Å²) in [7, 11) is 4.39. The van der Waals surface area contributed by atoms with Crippen molar-refractivity contribution in [1.82, 2.24) is 9.80 Å². The number of likely N-dealkylation sites (N-methyl/N-ethyl adjacent to an activating group) is 1. The molecule has 0 aromatic heterocycles. The van der Waals surface area contributed by atoms with Crippen LogP contribution in [-0.4, -0.2) is 68.3 Å². The van der Waals surface area contributed by atoms with E-state index in [4.69, 9.17) is 10.5 Å². The largest absolute Gasteiger partial charge is 0.381 e. The Morgan fingerprint density at radius 1 is 1.28 bits per heavy atom. The fourth-order valence-electron chi connectivity index (χ4n) is 3.45. The number of hydrogen-bond donors (Lipinski definition) is 1. The fourth-order valence-corrected chi connectivity index (χ4v) is 3.45. The summed E-state index contributed by atoms with van der Waals surface area (Å²) in [5.41, 5.74) is 6.35. The van der Waals surface area contributed by atoms with E-state index in [1.54, 1.807) is 0 Å². The molecule has 2 heterocycles. The number of rotatable bonds is 3. The zero-order valence-electron chi connectivity index (χ0n) is 12.0. The van der Waals surface area contributed by atoms with Crippen molar-refractivity contribution in [1.29, 1.82) is 0 Å². The summed E-state index contributed by atoms with van der Waals surface area (Å²) in [6.45, 7) is 4.94. The van der Waals surface area contributed by atoms with Gasteiger partial charge in [0.1, 0.15) is 0 Å². The van der Waals surface area contributed by atoms with Crippen LogP contribution in [-0.2, 0) is 4.74 Å². The van der Waals surface area contributed by atoms with Crippen LogP contribution in [0.15, 0.2) is 0 Å². The molecule has 2 atom stereocenters. The molecule has 0 amide bonds. The van der Waals surface area contributed by atoms with E-state index in [-0.39, 0.29) is 5.54 Å². The Bertz CT molecular complexity index is 249. The quantitative estimate of drug-likeness (QED) is 0.814. The van der Waals surface area contributed by atoms with Gasteiger partial charge in [0, 0.05) is 37.9 Å². The van der Waals surface area contributed by atoms with Gasteiger partial charge in [0.15, 0.2) is 0 Å². The molecule has 18 heavy (non-hydrogen) atoms. The van der Waals surface area contributed by atoms with Crippen molar-refractivity contribution in [3.8, 4) is 0 Å². The van der Waals surface area contributed by atoms with Gasteiger partial charge in [-0.1, -0.05) is 0 Å². The summed E-state index contributed by atoms with van der Waals surface area (Å²) in [5.74, 6) is 0. The number of piperidine rings is 1. The first-order chi connectivity index (χ1) is 8.68. The first kappa shape index (κ1) is 14.3. The average molecular weight is 255 g/mol. The van der Waals surface area contributed by atoms with Crippen molar-refractivity contribution in [3.05, 3.63) is 0 Å². The fraction of sp³-hybridized carbons (Fsp3) is 1.00. The minimum Gasteiger partial charge on any atom is -0.381 e. The Hall–Kier alpha value is -0.160. The Balaban J connectivity index is 2.05. The number of nitrogens with zero attached hydrogens (tertiary/aromatic N) is 2. The maximum atomic E-state index is 6.15. The van der Waals surface area contributed by atoms with Crippen LogP contribution in [0.5, 0.6) is 0 Å². The summed E-state index contributed by atoms with van der Waals surface area (Å²) in [6, 6.07) is 0.686. The van der Waals surface area contributed by atoms with Gasteiger partial charge in [0.2, 0.25) is 0 Å². The van der Waals surface area contributed by atoms with E-state index < -0.39 is 0 Å². The molecule has 2 aliphatic heterocycles. The highest BCUT2D eigenvalue weighted by Gasteiger charge is 2.38. The molecular formula is C14H29N3O. The zero-order valence-corrected chi connectivity index (χ0v) is 12.0. The molecule has 2 fully saturated rings. The lowest BCUT2D eigenvalue weighted by atomic mass is 9.86. The first-order valence-corrected chi connectivity index (χ1v) is 7.37. The molecule has 0 bridgehead atoms. The van der Waals surface area contributed by atoms with Crippen molar-refractivity contribution in [3.63, 3.8) is 0 Å². The van der Waals surface area contributed by atoms with Gasteiger partial charge in [-0.3, -0.25) is 4.90 Å². The second-order valence-electron chi connectivity index (χ2n) is 6.10. The van der Waals surface area contributed by atoms with Crippen molar-refractivity contribution < 1.29 is 4.74 Å². The molecular weight excluding hydrogens is 226 g/mol. The molecule has 0 aromatic rings. The molecule has 2 N–H and O–H groups in total. The Labute approximate surface area is 111 Å². The van der Waals surface area contributed by atoms with Gasteiger partial charge in [-0.2, -0.15) is 0 Å². The first-order valence-electron chi connectivity index (χ1n) is 7.37. The number of ether oxygens (including phenoxy) is 1. The number of nitrogens with two attached hydrogens (primary N) is 1. The lowest BCUT2D eigenvalue weighted by molar-refractivity contribution is 0.0209. The highest BCUT2D eigenvalue weighted by atomic mass is 16.5. The lowest BCUT2D eigenvalue weighted by Gasteiger charge is -2.48. The van der Waals surface area contributed by atoms with E-state index in [9.17, 15) is 0 Å². The third-order valence-electron chi connectivity index (χ3n) is 4.82. The maximum Gasteiger partial charge on any atom is 0.0484 e. The molecule has 0 saturated carbocycles. The standard InChI is InChI=1S/C14H29N3O/c1-16(2)13-5-3-8-17(11-13)14(12-15)6-4-9-18-10-7-14/h13H,3-12,15H2,1-2H3. The minimum atomic E-state index is 0.200. The van der Waals surface area contributed by atoms with E-state index in [0.29, 0.717) is 6.04 Å². The van der Waals surface area contributed by atoms with Gasteiger partial charge in [0.05, 0.1) is 0 Å². The normalized spacial score (nSPS) is 35.7. The van der Waals surface area contributed by atoms with Crippen LogP contribution < -0.4 is 5.73 Å². The molecule has 0 radical (unpaired) electrons. The molecule has 0 aliphatic carbocycles. The van der Waals surface area contributed by atoms with Gasteiger partial charge < -0.3 is 15.4 Å². The van der Waals surface area contributed by atoms with Crippen LogP contribution in [0, 0.1) is 0 Å². The molecule has 4 heteroatoms. The van der Waals surface area contributed by atoms with Crippen molar-refractivity contribution in [2.75, 3.05) is 46.9 Å². The lowest BCUT2D eigenvalue weighted by Crippen LogP contribution is -2.59. The molecule has 4 nitrogen and oxygen atoms in total. The summed E-state index contributed by atoms with van der Waals surface area (Å²) >= 11 is 0. The predicted octanol–water partition coefficient (Wildman–Crippen LogP) is 0.910. The Morgan fingerprint density at radius 2 is 2.11 bits per heavy atom. The molecule has 0 spiro atoms. The third kappa shape index (κ3) is 3.05. The molecule has 106 valence electrons. The molecule has 2 unspecified atom stereocenters. The van der Waals surface area contributed by atoms with Crippen LogP contribution in [0.3, 0.4) is 0 Å². The highest BCUT2D eigenvalue weighted by Crippen LogP contribution is 2.30. The van der Waals surface area contributed by atoms with E-state index in [1.165, 1.54) is 32.4 Å². The topological polar surface area (TPSA) is 41.7 Å². The molecule has 0 aromatic carbocycles. The van der Waals surface area contributed by atoms with Crippen LogP contribution >= 0.6 is 0 Å². The third-order valence-corrected chi connectivity index (χ3v) is 4.82. The Morgan fingerprint density at radius 3 is 2.83 bits per heavy atom. The maximum absolute atomic E-state index is 6.15. The summed E-state index contributed by atoms with van der Waals surface area (Å²) in [5, 5.41) is 0. The van der Waals surface area contributed by atoms with Gasteiger partial charge in [0.25, 0.3) is 0 Å². The van der Waals surface area contributed by atoms with Crippen LogP contribution in [0.4, 0.5) is 0 Å². The smallest absolute Gasteiger partial charge is 0.0484 e. The Kier molecular flexibility index (Phi) is 5.01. The second-order valence-corrected chi connectivity index (χ2v) is 6.10. The van der Waals surface area contributed by atoms with E-state index in [2.05, 4.69) is 23.9 Å². The van der Waals surface area contributed by atoms with Gasteiger partial charge in [-0.15, -0.1) is 0 Å². The predicted molar refractivity (Wildman–Crippen MR) is 74.7 cm³/mol. The van der Waals surface area contributed by atoms with Crippen molar-refractivity contribution in [2.24, 2.45) is 5.73 Å². The SMILES string of the molecule is CN(C)C1CCCN(C2(CN)CCCOCC2)C1. The second kappa shape index (κ2) is 6.33. The molecule has 2 aliphatic rings. The van der Waals surface area contributed by atoms with Crippen LogP contribution in [0.25, 0.3) is 0 Å². The molecule has 2 rings (SSSR count). The summed E-state index contributed by atoms with van der Waals surface area (Å²) in [4.78, 5) is 5.03. The van der Waals surface area contributed by atoms with Crippen LogP contribution in [0.2, 0.25) is 0 Å². The average Bonchev–Trinajstić information content (AvgIpc) is 2.65. The monoisotopic (exact) mass is 255 g/mol. The zero-order chi connectivity index (χ0) is 13.0. The van der Waals surface area contributed by atoms with E-state index in [0.717, 1.165) is 32.6 Å². The summed E-state index contributed by atoms with van der Waals surface area (Å²) < 4.78 is 5.62. The van der Waals surface area contributed by atoms with Crippen molar-refractivity contribution >= 4 is 0 Å². The number of likely N-dealkylation sites (tertiary alicyclic amines) is 1. The van der Waals surface area contributed by atoms with Gasteiger partial charge in [-0.05, 0) is 52.7 Å². The molecule has 2 saturated heterocycles. The van der Waals surface area contributed by atoms with Crippen LogP contribution in [0.1, 0.15) is 32.1 Å². The number of hydrogen-bond acceptors (Lipinski definition) is 4. The van der Waals surface area contributed by atoms with Gasteiger partial charge >= 0.3 is 0 Å². The van der Waals surface area contributed by atoms with Gasteiger partial charge in [-0.25, -0.2) is 0 Å².